The highest BCUT2D eigenvalue weighted by Crippen LogP contribution is 2.26. The third-order valence-corrected chi connectivity index (χ3v) is 5.66. The second-order valence-corrected chi connectivity index (χ2v) is 7.45. The Hall–Kier alpha value is -3.00. The summed E-state index contributed by atoms with van der Waals surface area (Å²) in [6.45, 7) is 6.58. The Morgan fingerprint density at radius 1 is 0.630 bits per heavy atom. The van der Waals surface area contributed by atoms with Gasteiger partial charge in [-0.15, -0.1) is 0 Å². The number of aromatic nitrogens is 2. The lowest BCUT2D eigenvalue weighted by molar-refractivity contribution is -0.672. The fourth-order valence-corrected chi connectivity index (χ4v) is 4.02. The third-order valence-electron chi connectivity index (χ3n) is 5.66. The van der Waals surface area contributed by atoms with Gasteiger partial charge in [0.05, 0.1) is 0 Å². The van der Waals surface area contributed by atoms with Crippen molar-refractivity contribution in [3.63, 3.8) is 0 Å². The fraction of sp³-hybridized carbons (Fsp3) is 0.200. The molecule has 2 heteroatoms. The Morgan fingerprint density at radius 3 is 2.15 bits per heavy atom. The molecule has 2 heterocycles. The summed E-state index contributed by atoms with van der Waals surface area (Å²) in [6, 6.07) is 24.1. The lowest BCUT2D eigenvalue weighted by Gasteiger charge is -2.10. The van der Waals surface area contributed by atoms with Crippen molar-refractivity contribution in [2.45, 2.75) is 20.8 Å². The molecule has 0 atom stereocenters. The van der Waals surface area contributed by atoms with Gasteiger partial charge in [-0.25, -0.2) is 0 Å². The van der Waals surface area contributed by atoms with Crippen LogP contribution in [-0.2, 0) is 14.1 Å². The highest BCUT2D eigenvalue weighted by atomic mass is 15.0. The summed E-state index contributed by atoms with van der Waals surface area (Å²) < 4.78 is 4.59. The monoisotopic (exact) mass is 354 g/mol. The molecule has 0 aliphatic carbocycles. The zero-order valence-corrected chi connectivity index (χ0v) is 16.7. The normalized spacial score (nSPS) is 11.1. The van der Waals surface area contributed by atoms with Gasteiger partial charge in [0.25, 0.3) is 11.4 Å². The summed E-state index contributed by atoms with van der Waals surface area (Å²) >= 11 is 0. The first kappa shape index (κ1) is 17.4. The minimum Gasteiger partial charge on any atom is -0.189 e. The van der Waals surface area contributed by atoms with Crippen LogP contribution in [0.3, 0.4) is 0 Å². The van der Waals surface area contributed by atoms with Crippen molar-refractivity contribution >= 4 is 10.9 Å². The maximum atomic E-state index is 2.31. The number of hydrogen-bond donors (Lipinski definition) is 0. The first-order valence-electron chi connectivity index (χ1n) is 9.43. The van der Waals surface area contributed by atoms with Crippen molar-refractivity contribution in [2.75, 3.05) is 0 Å². The molecule has 0 spiro atoms. The van der Waals surface area contributed by atoms with Crippen LogP contribution in [0.1, 0.15) is 16.7 Å². The van der Waals surface area contributed by atoms with Crippen molar-refractivity contribution in [1.82, 2.24) is 0 Å². The Morgan fingerprint density at radius 2 is 1.33 bits per heavy atom. The van der Waals surface area contributed by atoms with E-state index < -0.39 is 0 Å². The molecule has 0 radical (unpaired) electrons. The molecule has 2 aromatic heterocycles. The number of para-hydroxylation sites is 1. The minimum absolute atomic E-state index is 1.21. The topological polar surface area (TPSA) is 7.76 Å². The van der Waals surface area contributed by atoms with Gasteiger partial charge in [-0.3, -0.25) is 0 Å². The maximum Gasteiger partial charge on any atom is 0.277 e. The van der Waals surface area contributed by atoms with Crippen molar-refractivity contribution in [1.29, 1.82) is 0 Å². The number of pyridine rings is 2. The van der Waals surface area contributed by atoms with Crippen molar-refractivity contribution in [3.05, 3.63) is 83.4 Å². The van der Waals surface area contributed by atoms with E-state index in [1.807, 2.05) is 0 Å². The zero-order chi connectivity index (χ0) is 19.1. The number of aryl methyl sites for hydroxylation is 3. The minimum atomic E-state index is 1.21. The Bertz CT molecular complexity index is 1170. The van der Waals surface area contributed by atoms with Gasteiger partial charge in [-0.1, -0.05) is 23.8 Å². The van der Waals surface area contributed by atoms with E-state index in [4.69, 9.17) is 0 Å². The highest BCUT2D eigenvalue weighted by molar-refractivity contribution is 5.77. The molecule has 0 unspecified atom stereocenters. The van der Waals surface area contributed by atoms with Gasteiger partial charge in [0.15, 0.2) is 0 Å². The predicted octanol–water partition coefficient (Wildman–Crippen LogP) is 4.75. The van der Waals surface area contributed by atoms with Crippen LogP contribution in [0, 0.1) is 20.8 Å². The van der Waals surface area contributed by atoms with Crippen LogP contribution in [0.25, 0.3) is 33.5 Å². The summed E-state index contributed by atoms with van der Waals surface area (Å²) in [5.41, 5.74) is 10.2. The Labute approximate surface area is 161 Å². The van der Waals surface area contributed by atoms with Crippen LogP contribution in [0.4, 0.5) is 0 Å². The molecule has 0 amide bonds. The molecule has 0 saturated heterocycles. The fourth-order valence-electron chi connectivity index (χ4n) is 4.02. The summed E-state index contributed by atoms with van der Waals surface area (Å²) in [5, 5.41) is 1.26. The van der Waals surface area contributed by atoms with E-state index in [-0.39, 0.29) is 0 Å². The molecular formula is C25H26N2+2. The number of hydrogen-bond acceptors (Lipinski definition) is 0. The first-order valence-corrected chi connectivity index (χ1v) is 9.43. The van der Waals surface area contributed by atoms with E-state index in [1.165, 1.54) is 50.2 Å². The number of benzene rings is 2. The molecule has 2 nitrogen and oxygen atoms in total. The maximum absolute atomic E-state index is 2.31. The average molecular weight is 354 g/mol. The van der Waals surface area contributed by atoms with E-state index in [2.05, 4.69) is 111 Å². The standard InChI is InChI=1S/C25H26N2/c1-17-15-18(2)19(3)21(16-17)23-11-8-12-24(27(23)5)25-14-13-20-9-6-7-10-22(20)26(25)4/h6-16H,1-5H3/q+2. The van der Waals surface area contributed by atoms with Crippen LogP contribution >= 0.6 is 0 Å². The van der Waals surface area contributed by atoms with Gasteiger partial charge >= 0.3 is 0 Å². The quantitative estimate of drug-likeness (QED) is 0.459. The number of nitrogens with zero attached hydrogens (tertiary/aromatic N) is 2. The molecule has 4 aromatic rings. The Balaban J connectivity index is 1.96. The largest absolute Gasteiger partial charge is 0.277 e. The first-order chi connectivity index (χ1) is 13.0. The van der Waals surface area contributed by atoms with E-state index in [0.717, 1.165) is 0 Å². The molecule has 0 aliphatic heterocycles. The van der Waals surface area contributed by atoms with Crippen molar-refractivity contribution in [3.8, 4) is 22.6 Å². The van der Waals surface area contributed by atoms with Gasteiger partial charge in [0, 0.05) is 35.2 Å². The molecule has 0 bridgehead atoms. The van der Waals surface area contributed by atoms with Gasteiger partial charge in [0.2, 0.25) is 11.2 Å². The molecule has 0 fully saturated rings. The van der Waals surface area contributed by atoms with Crippen molar-refractivity contribution in [2.24, 2.45) is 14.1 Å². The molecule has 4 rings (SSSR count). The van der Waals surface area contributed by atoms with Gasteiger partial charge in [0.1, 0.15) is 14.1 Å². The second-order valence-electron chi connectivity index (χ2n) is 7.45. The van der Waals surface area contributed by atoms with E-state index in [0.29, 0.717) is 0 Å². The van der Waals surface area contributed by atoms with Crippen LogP contribution in [0.5, 0.6) is 0 Å². The van der Waals surface area contributed by atoms with Gasteiger partial charge < -0.3 is 0 Å². The molecule has 2 aromatic carbocycles. The van der Waals surface area contributed by atoms with Crippen molar-refractivity contribution < 1.29 is 9.13 Å². The number of fused-ring (bicyclic) bond motifs is 1. The van der Waals surface area contributed by atoms with Crippen LogP contribution in [0.15, 0.2) is 66.7 Å². The summed E-state index contributed by atoms with van der Waals surface area (Å²) in [4.78, 5) is 0. The summed E-state index contributed by atoms with van der Waals surface area (Å²) in [5.74, 6) is 0. The Kier molecular flexibility index (Phi) is 4.27. The summed E-state index contributed by atoms with van der Waals surface area (Å²) in [6.07, 6.45) is 0. The SMILES string of the molecule is Cc1cc(C)c(C)c(-c2cccc(-c3ccc4ccccc4[n+]3C)[n+]2C)c1. The van der Waals surface area contributed by atoms with Crippen LogP contribution < -0.4 is 9.13 Å². The highest BCUT2D eigenvalue weighted by Gasteiger charge is 2.24. The average Bonchev–Trinajstić information content (AvgIpc) is 2.66. The van der Waals surface area contributed by atoms with E-state index in [1.54, 1.807) is 0 Å². The predicted molar refractivity (Wildman–Crippen MR) is 111 cm³/mol. The molecule has 0 saturated carbocycles. The molecule has 0 aliphatic rings. The van der Waals surface area contributed by atoms with Gasteiger partial charge in [-0.05, 0) is 56.2 Å². The van der Waals surface area contributed by atoms with E-state index in [9.17, 15) is 0 Å². The zero-order valence-electron chi connectivity index (χ0n) is 16.7. The molecule has 27 heavy (non-hydrogen) atoms. The molecule has 0 N–H and O–H groups in total. The molecular weight excluding hydrogens is 328 g/mol. The lowest BCUT2D eigenvalue weighted by Crippen LogP contribution is -2.40. The van der Waals surface area contributed by atoms with E-state index >= 15 is 0 Å². The smallest absolute Gasteiger partial charge is 0.189 e. The number of rotatable bonds is 2. The second kappa shape index (κ2) is 6.62. The lowest BCUT2D eigenvalue weighted by atomic mass is 9.97. The molecule has 134 valence electrons. The summed E-state index contributed by atoms with van der Waals surface area (Å²) in [7, 11) is 4.31. The van der Waals surface area contributed by atoms with Crippen LogP contribution in [0.2, 0.25) is 0 Å². The van der Waals surface area contributed by atoms with Gasteiger partial charge in [-0.2, -0.15) is 9.13 Å². The van der Waals surface area contributed by atoms with Crippen LogP contribution in [-0.4, -0.2) is 0 Å². The third kappa shape index (κ3) is 2.91.